The Morgan fingerprint density at radius 3 is 2.50 bits per heavy atom. The molecule has 12 heavy (non-hydrogen) atoms. The molecule has 0 saturated heterocycles. The highest BCUT2D eigenvalue weighted by molar-refractivity contribution is 9.11. The van der Waals surface area contributed by atoms with Crippen LogP contribution in [-0.2, 0) is 0 Å². The summed E-state index contributed by atoms with van der Waals surface area (Å²) in [6.07, 6.45) is -2.82. The first-order chi connectivity index (χ1) is 5.65. The predicted molar refractivity (Wildman–Crippen MR) is 47.1 cm³/mol. The van der Waals surface area contributed by atoms with Gasteiger partial charge in [0, 0.05) is 4.88 Å². The minimum atomic E-state index is -2.76. The van der Waals surface area contributed by atoms with Crippen LogP contribution in [-0.4, -0.2) is 6.43 Å². The molecule has 0 atom stereocenters. The summed E-state index contributed by atoms with van der Waals surface area (Å²) < 4.78 is 36.8. The van der Waals surface area contributed by atoms with Crippen molar-refractivity contribution in [3.05, 3.63) is 27.1 Å². The van der Waals surface area contributed by atoms with Crippen molar-refractivity contribution in [2.24, 2.45) is 0 Å². The lowest BCUT2D eigenvalue weighted by molar-refractivity contribution is 0.214. The molecule has 0 spiro atoms. The van der Waals surface area contributed by atoms with E-state index in [-0.39, 0.29) is 11.2 Å². The molecule has 0 fully saturated rings. The molecule has 1 aromatic rings. The van der Waals surface area contributed by atoms with E-state index in [1.165, 1.54) is 6.07 Å². The maximum atomic E-state index is 12.1. The van der Waals surface area contributed by atoms with E-state index in [2.05, 4.69) is 15.9 Å². The molecule has 0 unspecified atom stereocenters. The van der Waals surface area contributed by atoms with E-state index >= 15 is 0 Å². The molecule has 0 saturated carbocycles. The Labute approximate surface area is 79.8 Å². The molecule has 0 aliphatic carbocycles. The summed E-state index contributed by atoms with van der Waals surface area (Å²) in [6.45, 7) is 0. The molecule has 0 bridgehead atoms. The second-order valence-electron chi connectivity index (χ2n) is 1.97. The summed E-state index contributed by atoms with van der Waals surface area (Å²) >= 11 is 4.18. The van der Waals surface area contributed by atoms with Gasteiger partial charge in [-0.05, 0) is 28.1 Å². The summed E-state index contributed by atoms with van der Waals surface area (Å²) in [5, 5.41) is 0. The van der Waals surface area contributed by atoms with Crippen molar-refractivity contribution in [2.75, 3.05) is 0 Å². The molecule has 1 heterocycles. The van der Waals surface area contributed by atoms with Crippen LogP contribution in [0.4, 0.5) is 13.2 Å². The van der Waals surface area contributed by atoms with E-state index in [4.69, 9.17) is 0 Å². The van der Waals surface area contributed by atoms with Crippen LogP contribution in [0.2, 0.25) is 0 Å². The van der Waals surface area contributed by atoms with Gasteiger partial charge >= 0.3 is 0 Å². The molecule has 0 aliphatic heterocycles. The van der Waals surface area contributed by atoms with Crippen LogP contribution in [0.15, 0.2) is 22.2 Å². The molecule has 1 rings (SSSR count). The van der Waals surface area contributed by atoms with Crippen LogP contribution in [0.5, 0.6) is 0 Å². The van der Waals surface area contributed by atoms with Crippen LogP contribution >= 0.6 is 27.3 Å². The third-order valence-corrected chi connectivity index (χ3v) is 2.88. The SMILES string of the molecule is FC=C(c1ccc(Br)s1)C(F)F. The third kappa shape index (κ3) is 2.10. The van der Waals surface area contributed by atoms with Crippen LogP contribution in [0.1, 0.15) is 4.88 Å². The minimum absolute atomic E-state index is 0.0526. The van der Waals surface area contributed by atoms with Gasteiger partial charge < -0.3 is 0 Å². The van der Waals surface area contributed by atoms with Gasteiger partial charge in [-0.25, -0.2) is 13.2 Å². The molecule has 0 aliphatic rings. The van der Waals surface area contributed by atoms with Crippen molar-refractivity contribution in [3.63, 3.8) is 0 Å². The van der Waals surface area contributed by atoms with Gasteiger partial charge in [-0.15, -0.1) is 11.3 Å². The van der Waals surface area contributed by atoms with Gasteiger partial charge in [-0.2, -0.15) is 0 Å². The first-order valence-electron chi connectivity index (χ1n) is 2.99. The molecule has 0 N–H and O–H groups in total. The molecular formula is C7H4BrF3S. The zero-order valence-electron chi connectivity index (χ0n) is 5.73. The quantitative estimate of drug-likeness (QED) is 0.748. The Balaban J connectivity index is 2.96. The highest BCUT2D eigenvalue weighted by atomic mass is 79.9. The Morgan fingerprint density at radius 1 is 1.50 bits per heavy atom. The standard InChI is InChI=1S/C7H4BrF3S/c8-6-2-1-5(12-6)4(3-9)7(10)11/h1-3,7H. The molecular weight excluding hydrogens is 253 g/mol. The van der Waals surface area contributed by atoms with Gasteiger partial charge in [-0.3, -0.25) is 0 Å². The van der Waals surface area contributed by atoms with E-state index in [0.717, 1.165) is 11.3 Å². The third-order valence-electron chi connectivity index (χ3n) is 1.21. The monoisotopic (exact) mass is 256 g/mol. The fourth-order valence-electron chi connectivity index (χ4n) is 0.678. The Kier molecular flexibility index (Phi) is 3.34. The molecule has 0 amide bonds. The normalized spacial score (nSPS) is 12.6. The van der Waals surface area contributed by atoms with Crippen LogP contribution in [0.3, 0.4) is 0 Å². The van der Waals surface area contributed by atoms with Gasteiger partial charge in [0.2, 0.25) is 0 Å². The molecule has 0 aromatic carbocycles. The van der Waals surface area contributed by atoms with E-state index < -0.39 is 12.0 Å². The van der Waals surface area contributed by atoms with Crippen molar-refractivity contribution in [2.45, 2.75) is 6.43 Å². The average Bonchev–Trinajstić information content (AvgIpc) is 2.37. The van der Waals surface area contributed by atoms with Crippen molar-refractivity contribution in [1.29, 1.82) is 0 Å². The topological polar surface area (TPSA) is 0 Å². The number of alkyl halides is 2. The van der Waals surface area contributed by atoms with Crippen molar-refractivity contribution >= 4 is 32.8 Å². The maximum absolute atomic E-state index is 12.1. The molecule has 1 aromatic heterocycles. The highest BCUT2D eigenvalue weighted by Crippen LogP contribution is 2.31. The lowest BCUT2D eigenvalue weighted by Gasteiger charge is -1.98. The maximum Gasteiger partial charge on any atom is 0.267 e. The number of halogens is 4. The predicted octanol–water partition coefficient (Wildman–Crippen LogP) is 4.09. The fraction of sp³-hybridized carbons (Fsp3) is 0.143. The van der Waals surface area contributed by atoms with Crippen molar-refractivity contribution in [1.82, 2.24) is 0 Å². The Bertz CT molecular complexity index is 293. The smallest absolute Gasteiger partial charge is 0.215 e. The summed E-state index contributed by atoms with van der Waals surface area (Å²) in [5.41, 5.74) is -0.564. The molecule has 5 heteroatoms. The minimum Gasteiger partial charge on any atom is -0.215 e. The molecule has 66 valence electrons. The van der Waals surface area contributed by atoms with Gasteiger partial charge in [0.05, 0.1) is 15.7 Å². The number of hydrogen-bond acceptors (Lipinski definition) is 1. The number of hydrogen-bond donors (Lipinski definition) is 0. The lowest BCUT2D eigenvalue weighted by atomic mass is 10.2. The van der Waals surface area contributed by atoms with E-state index in [9.17, 15) is 13.2 Å². The summed E-state index contributed by atoms with van der Waals surface area (Å²) in [5.74, 6) is 0. The fourth-order valence-corrected chi connectivity index (χ4v) is 2.07. The van der Waals surface area contributed by atoms with E-state index in [1.807, 2.05) is 0 Å². The number of rotatable bonds is 2. The summed E-state index contributed by atoms with van der Waals surface area (Å²) in [4.78, 5) is 0.249. The van der Waals surface area contributed by atoms with Crippen molar-refractivity contribution < 1.29 is 13.2 Å². The molecule has 0 nitrogen and oxygen atoms in total. The van der Waals surface area contributed by atoms with Gasteiger partial charge in [0.1, 0.15) is 0 Å². The first kappa shape index (κ1) is 9.80. The zero-order valence-corrected chi connectivity index (χ0v) is 8.13. The van der Waals surface area contributed by atoms with Gasteiger partial charge in [-0.1, -0.05) is 0 Å². The van der Waals surface area contributed by atoms with Crippen molar-refractivity contribution in [3.8, 4) is 0 Å². The second kappa shape index (κ2) is 4.09. The Hall–Kier alpha value is -0.290. The van der Waals surface area contributed by atoms with Crippen LogP contribution < -0.4 is 0 Å². The van der Waals surface area contributed by atoms with E-state index in [1.54, 1.807) is 6.07 Å². The summed E-state index contributed by atoms with van der Waals surface area (Å²) in [7, 11) is 0. The largest absolute Gasteiger partial charge is 0.267 e. The summed E-state index contributed by atoms with van der Waals surface area (Å²) in [6, 6.07) is 3.05. The zero-order chi connectivity index (χ0) is 9.14. The van der Waals surface area contributed by atoms with Crippen LogP contribution in [0.25, 0.3) is 5.57 Å². The molecule has 0 radical (unpaired) electrons. The highest BCUT2D eigenvalue weighted by Gasteiger charge is 2.15. The van der Waals surface area contributed by atoms with Gasteiger partial charge in [0.25, 0.3) is 6.43 Å². The van der Waals surface area contributed by atoms with Crippen LogP contribution in [0, 0.1) is 0 Å². The lowest BCUT2D eigenvalue weighted by Crippen LogP contribution is -1.92. The average molecular weight is 257 g/mol. The second-order valence-corrected chi connectivity index (χ2v) is 4.43. The number of thiophene rings is 1. The van der Waals surface area contributed by atoms with E-state index in [0.29, 0.717) is 3.79 Å². The van der Waals surface area contributed by atoms with Gasteiger partial charge in [0.15, 0.2) is 0 Å². The number of allylic oxidation sites excluding steroid dienone is 1. The first-order valence-corrected chi connectivity index (χ1v) is 4.60. The Morgan fingerprint density at radius 2 is 2.17 bits per heavy atom.